The maximum absolute atomic E-state index is 14.5. The molecule has 2 aromatic carbocycles. The SMILES string of the molecule is CC(C)[C@H](C)C(=O)C[C@@H](CCCNC(N)=O)C(=O)Nc1ccc(CO)cc1.CCCC1O[C@@H]2C[C@H]3[C@@H]4CCC5=CC(=O)C=C[C@]5(C)[C@H]4[C@@H](O)C[C@]3(C)[C@]2(C(=O)COC(=O)OCc2ccc(CC(=O)[C@H](CCCNC(N)=O)NC(=O)[C@@H](N)C(C)C)cc2)O1.CCCC1O[C@@H]2C[C@H]3[C@@H]4CCC5=CC(=O)C=C[C@]5(C)[C@H]4[C@@H](O)C[C@]3(C)[C@]2(C(=O)COC(=O)ON2C(=O)CCC2=O)O1. The van der Waals surface area contributed by atoms with Crippen molar-refractivity contribution in [3.63, 3.8) is 0 Å². The van der Waals surface area contributed by atoms with Crippen molar-refractivity contribution >= 4 is 88.4 Å². The zero-order chi connectivity index (χ0) is 93.3. The lowest BCUT2D eigenvalue weighted by molar-refractivity contribution is -0.201. The monoisotopic (exact) mass is 1780 g/mol. The molecule has 700 valence electrons. The normalized spacial score (nSPS) is 31.6. The Morgan fingerprint density at radius 1 is 0.586 bits per heavy atom. The van der Waals surface area contributed by atoms with E-state index in [0.717, 1.165) is 55.2 Å². The molecule has 9 fully saturated rings. The number of aliphatic hydroxyl groups is 3. The molecule has 3 aliphatic heterocycles. The fraction of sp³-hybridized carbons (Fsp3) is 0.642. The predicted molar refractivity (Wildman–Crippen MR) is 463 cm³/mol. The van der Waals surface area contributed by atoms with Gasteiger partial charge in [0.2, 0.25) is 23.4 Å². The number of anilines is 1. The first kappa shape index (κ1) is 98.8. The number of nitrogens with one attached hydrogen (secondary N) is 4. The molecular weight excluding hydrogens is 1650 g/mol. The third-order valence-electron chi connectivity index (χ3n) is 29.5. The van der Waals surface area contributed by atoms with Crippen LogP contribution in [-0.4, -0.2) is 190 Å². The first-order chi connectivity index (χ1) is 60.6. The number of ether oxygens (including phenoxy) is 7. The number of amides is 8. The standard InChI is InChI=1S/C45H62N4O11.C30H37NO10.C20H31N3O4/c1-6-8-37-59-36-21-31-30-15-14-28-20-29(50)16-17-43(28,4)38(30)34(52)22-44(31,5)45(36,60-37)35(53)24-58-42(56)57-23-27-12-10-26(11-13-27)19-33(51)32(9-7-18-48-41(47)55)49-40(54)39(46)25(2)3;1-4-5-25-39-22-13-19-18-7-6-16-12-17(32)10-11-28(16,2)26(18)20(33)14-29(19,3)30(22,40-25)21(34)15-38-27(37)41-31-23(35)8-9-24(31)36;1-13(2)14(3)18(25)11-16(5-4-10-22-20(21)27)19(26)23-17-8-6-15(12-24)7-9-17/h10-13,16-17,20,25,30-32,34,36-39,52H,6-9,14-15,18-19,21-24,46H2,1-5H3,(H,49,54)(H3,47,48,55);10-12,18-20,22,25-26,33H,4-9,13-15H2,1-3H3;6-9,13-14,16,24H,4-5,10-12H2,1-3H3,(H,23,26)(H3,21,22,27)/t30-,31-,32-,34-,36+,37?,38+,39-,43-,44-,45+;18-,19-,20-,22+,25?,26+,28-,29-,30+;14-,16+/m000/s1. The van der Waals surface area contributed by atoms with Gasteiger partial charge in [-0.2, -0.15) is 0 Å². The first-order valence-corrected chi connectivity index (χ1v) is 45.4. The van der Waals surface area contributed by atoms with Crippen LogP contribution in [-0.2, 0) is 106 Å². The van der Waals surface area contributed by atoms with Gasteiger partial charge < -0.3 is 86.9 Å². The number of primary amides is 2. The summed E-state index contributed by atoms with van der Waals surface area (Å²) in [6.07, 6.45) is 13.3. The molecule has 0 spiro atoms. The Balaban J connectivity index is 0.000000201. The lowest BCUT2D eigenvalue weighted by Gasteiger charge is -2.59. The van der Waals surface area contributed by atoms with Crippen LogP contribution < -0.4 is 38.5 Å². The van der Waals surface area contributed by atoms with Gasteiger partial charge in [0.05, 0.1) is 43.1 Å². The summed E-state index contributed by atoms with van der Waals surface area (Å²) in [7, 11) is 0. The van der Waals surface area contributed by atoms with Crippen LogP contribution >= 0.6 is 0 Å². The van der Waals surface area contributed by atoms with Crippen molar-refractivity contribution in [2.75, 3.05) is 31.6 Å². The summed E-state index contributed by atoms with van der Waals surface area (Å²) in [4.78, 5) is 180. The summed E-state index contributed by atoms with van der Waals surface area (Å²) in [5.74, 6) is -3.88. The van der Waals surface area contributed by atoms with Crippen LogP contribution in [0.15, 0.2) is 96.1 Å². The van der Waals surface area contributed by atoms with Gasteiger partial charge in [-0.3, -0.25) is 52.8 Å². The minimum Gasteiger partial charge on any atom is -0.429 e. The Morgan fingerprint density at radius 2 is 1.05 bits per heavy atom. The highest BCUT2D eigenvalue weighted by molar-refractivity contribution is 6.03. The molecule has 2 aromatic rings. The molecule has 33 nitrogen and oxygen atoms in total. The smallest absolute Gasteiger partial charge is 0.429 e. The third-order valence-corrected chi connectivity index (χ3v) is 29.5. The third kappa shape index (κ3) is 20.8. The zero-order valence-electron chi connectivity index (χ0n) is 75.4. The number of rotatable bonds is 34. The lowest BCUT2D eigenvalue weighted by atomic mass is 9.46. The molecular formula is C95H130N8O25. The fourth-order valence-corrected chi connectivity index (χ4v) is 22.5. The van der Waals surface area contributed by atoms with Crippen molar-refractivity contribution in [2.24, 2.45) is 98.0 Å². The van der Waals surface area contributed by atoms with Gasteiger partial charge in [-0.05, 0) is 179 Å². The van der Waals surface area contributed by atoms with E-state index in [1.54, 1.807) is 72.8 Å². The Labute approximate surface area is 746 Å². The fourth-order valence-electron chi connectivity index (χ4n) is 22.5. The van der Waals surface area contributed by atoms with E-state index in [1.807, 2.05) is 74.5 Å². The molecule has 0 bridgehead atoms. The van der Waals surface area contributed by atoms with Crippen molar-refractivity contribution in [3.05, 3.63) is 113 Å². The molecule has 128 heavy (non-hydrogen) atoms. The molecule has 11 aliphatic rings. The van der Waals surface area contributed by atoms with Crippen molar-refractivity contribution in [2.45, 2.75) is 278 Å². The topological polar surface area (TPSA) is 503 Å². The van der Waals surface area contributed by atoms with Gasteiger partial charge >= 0.3 is 24.4 Å². The Kier molecular flexibility index (Phi) is 32.1. The van der Waals surface area contributed by atoms with E-state index in [1.165, 1.54) is 0 Å². The van der Waals surface area contributed by atoms with E-state index >= 15 is 0 Å². The van der Waals surface area contributed by atoms with E-state index in [9.17, 15) is 77.3 Å². The summed E-state index contributed by atoms with van der Waals surface area (Å²) in [5, 5.41) is 43.8. The molecule has 2 unspecified atom stereocenters. The first-order valence-electron chi connectivity index (χ1n) is 45.4. The van der Waals surface area contributed by atoms with Crippen molar-refractivity contribution < 1.29 is 120 Å². The summed E-state index contributed by atoms with van der Waals surface area (Å²) in [6.45, 7) is 20.7. The number of nitrogens with zero attached hydrogens (tertiary/aromatic N) is 1. The second-order valence-electron chi connectivity index (χ2n) is 38.1. The number of Topliss-reactive ketones (excluding diaryl/α,β-unsaturated/α-hetero) is 4. The van der Waals surface area contributed by atoms with E-state index in [0.29, 0.717) is 73.4 Å². The number of carbonyl (C=O) groups excluding carboxylic acids is 14. The van der Waals surface area contributed by atoms with E-state index < -0.39 is 155 Å². The molecule has 13 rings (SSSR count). The van der Waals surface area contributed by atoms with Crippen molar-refractivity contribution in [1.82, 2.24) is 21.0 Å². The molecule has 0 aromatic heterocycles. The highest BCUT2D eigenvalue weighted by Gasteiger charge is 2.78. The number of benzene rings is 2. The summed E-state index contributed by atoms with van der Waals surface area (Å²) in [6, 6.07) is 10.8. The van der Waals surface area contributed by atoms with Gasteiger partial charge in [0.1, 0.15) is 12.4 Å². The summed E-state index contributed by atoms with van der Waals surface area (Å²) < 4.78 is 41.9. The van der Waals surface area contributed by atoms with Crippen LogP contribution in [0, 0.1) is 80.8 Å². The van der Waals surface area contributed by atoms with Gasteiger partial charge in [-0.1, -0.05) is 154 Å². The second kappa shape index (κ2) is 41.6. The summed E-state index contributed by atoms with van der Waals surface area (Å²) >= 11 is 0. The molecule has 33 heteroatoms. The van der Waals surface area contributed by atoms with Crippen LogP contribution in [0.4, 0.5) is 24.9 Å². The van der Waals surface area contributed by atoms with Crippen LogP contribution in [0.25, 0.3) is 0 Å². The molecule has 3 saturated heterocycles. The van der Waals surface area contributed by atoms with Crippen molar-refractivity contribution in [3.8, 4) is 0 Å². The quantitative estimate of drug-likeness (QED) is 0.0177. The predicted octanol–water partition coefficient (Wildman–Crippen LogP) is 9.48. The molecule has 3 heterocycles. The molecule has 22 atom stereocenters. The van der Waals surface area contributed by atoms with Gasteiger partial charge in [0, 0.05) is 89.8 Å². The number of hydrogen-bond donors (Lipinski definition) is 10. The number of nitrogens with two attached hydrogens (primary N) is 3. The van der Waals surface area contributed by atoms with Crippen LogP contribution in [0.2, 0.25) is 0 Å². The van der Waals surface area contributed by atoms with E-state index in [-0.39, 0.29) is 147 Å². The number of aliphatic hydroxyl groups excluding tert-OH is 3. The number of hydroxylamine groups is 2. The maximum Gasteiger partial charge on any atom is 0.534 e. The highest BCUT2D eigenvalue weighted by Crippen LogP contribution is 2.72. The number of urea groups is 2. The van der Waals surface area contributed by atoms with Gasteiger partial charge in [-0.15, -0.1) is 0 Å². The molecule has 8 aliphatic carbocycles. The van der Waals surface area contributed by atoms with Gasteiger partial charge in [-0.25, -0.2) is 19.2 Å². The van der Waals surface area contributed by atoms with E-state index in [2.05, 4.69) is 35.1 Å². The average molecular weight is 1780 g/mol. The van der Waals surface area contributed by atoms with Crippen molar-refractivity contribution in [1.29, 1.82) is 0 Å². The minimum absolute atomic E-state index is 0.0116. The number of imide groups is 1. The number of hydrogen-bond acceptors (Lipinski definition) is 26. The molecule has 0 radical (unpaired) electrons. The van der Waals surface area contributed by atoms with Gasteiger partial charge in [0.15, 0.2) is 54.3 Å². The minimum atomic E-state index is -1.46. The number of allylic oxidation sites excluding steroid dienone is 8. The van der Waals surface area contributed by atoms with Crippen LogP contribution in [0.5, 0.6) is 0 Å². The average Bonchev–Trinajstić information content (AvgIpc) is 1.50. The zero-order valence-corrected chi connectivity index (χ0v) is 75.4. The Morgan fingerprint density at radius 3 is 1.52 bits per heavy atom. The summed E-state index contributed by atoms with van der Waals surface area (Å²) in [5.41, 5.74) is 15.5. The lowest BCUT2D eigenvalue weighted by Crippen LogP contribution is -2.63. The second-order valence-corrected chi connectivity index (χ2v) is 38.1. The Hall–Kier alpha value is -9.74. The molecule has 8 amide bonds. The Bertz CT molecular complexity index is 4610. The van der Waals surface area contributed by atoms with Crippen LogP contribution in [0.3, 0.4) is 0 Å². The highest BCUT2D eigenvalue weighted by atomic mass is 16.8. The van der Waals surface area contributed by atoms with Crippen LogP contribution in [0.1, 0.15) is 215 Å². The number of ketones is 6. The molecule has 6 saturated carbocycles. The number of carbonyl (C=O) groups is 14. The van der Waals surface area contributed by atoms with E-state index in [4.69, 9.17) is 60.3 Å². The largest absolute Gasteiger partial charge is 0.534 e. The molecule has 13 N–H and O–H groups in total. The maximum atomic E-state index is 14.5. The number of fused-ring (bicyclic) bond motifs is 14. The van der Waals surface area contributed by atoms with Gasteiger partial charge in [0.25, 0.3) is 11.8 Å².